The average molecular weight is 337 g/mol. The van der Waals surface area contributed by atoms with E-state index in [9.17, 15) is 5.11 Å². The van der Waals surface area contributed by atoms with Crippen LogP contribution in [0.2, 0.25) is 0 Å². The van der Waals surface area contributed by atoms with Gasteiger partial charge in [0, 0.05) is 12.7 Å². The number of nitrogens with one attached hydrogen (secondary N) is 2. The van der Waals surface area contributed by atoms with Crippen LogP contribution in [-0.4, -0.2) is 28.2 Å². The third-order valence-corrected chi connectivity index (χ3v) is 3.35. The van der Waals surface area contributed by atoms with Crippen LogP contribution in [0.1, 0.15) is 18.5 Å². The Morgan fingerprint density at radius 1 is 1.30 bits per heavy atom. The maximum Gasteiger partial charge on any atom is 0.224 e. The lowest BCUT2D eigenvalue weighted by atomic mass is 10.1. The molecule has 1 aromatic carbocycles. The topological polar surface area (TPSA) is 70.1 Å². The molecule has 0 spiro atoms. The van der Waals surface area contributed by atoms with Crippen molar-refractivity contribution in [3.05, 3.63) is 46.6 Å². The Bertz CT molecular complexity index is 550. The number of hydrogen-bond donors (Lipinski definition) is 3. The Hall–Kier alpha value is -1.66. The molecular weight excluding hydrogens is 320 g/mol. The lowest BCUT2D eigenvalue weighted by Crippen LogP contribution is -2.16. The summed E-state index contributed by atoms with van der Waals surface area (Å²) < 4.78 is 0.758. The van der Waals surface area contributed by atoms with Gasteiger partial charge in [-0.1, -0.05) is 30.3 Å². The second kappa shape index (κ2) is 7.21. The highest BCUT2D eigenvalue weighted by molar-refractivity contribution is 9.10. The van der Waals surface area contributed by atoms with E-state index >= 15 is 0 Å². The van der Waals surface area contributed by atoms with Crippen molar-refractivity contribution in [3.63, 3.8) is 0 Å². The van der Waals surface area contributed by atoms with Crippen LogP contribution in [-0.2, 0) is 0 Å². The summed E-state index contributed by atoms with van der Waals surface area (Å²) in [5.41, 5.74) is 1.01. The predicted octanol–water partition coefficient (Wildman–Crippen LogP) is 2.82. The van der Waals surface area contributed by atoms with Crippen molar-refractivity contribution in [2.75, 3.05) is 23.8 Å². The average Bonchev–Trinajstić information content (AvgIpc) is 2.49. The predicted molar refractivity (Wildman–Crippen MR) is 83.8 cm³/mol. The minimum atomic E-state index is -0.211. The third kappa shape index (κ3) is 3.68. The second-order valence-electron chi connectivity index (χ2n) is 4.21. The van der Waals surface area contributed by atoms with Gasteiger partial charge in [-0.25, -0.2) is 4.98 Å². The molecule has 0 bridgehead atoms. The highest BCUT2D eigenvalue weighted by Crippen LogP contribution is 2.25. The van der Waals surface area contributed by atoms with Crippen molar-refractivity contribution in [1.29, 1.82) is 0 Å². The fourth-order valence-electron chi connectivity index (χ4n) is 1.80. The summed E-state index contributed by atoms with van der Waals surface area (Å²) >= 11 is 3.41. The fourth-order valence-corrected chi connectivity index (χ4v) is 2.10. The van der Waals surface area contributed by atoms with Crippen LogP contribution >= 0.6 is 15.9 Å². The molecule has 6 heteroatoms. The molecule has 5 nitrogen and oxygen atoms in total. The number of nitrogens with zero attached hydrogens (tertiary/aromatic N) is 2. The summed E-state index contributed by atoms with van der Waals surface area (Å²) in [6, 6.07) is 9.55. The molecule has 2 aromatic rings. The normalized spacial score (nSPS) is 11.9. The number of benzene rings is 1. The first kappa shape index (κ1) is 14.7. The van der Waals surface area contributed by atoms with Gasteiger partial charge < -0.3 is 15.7 Å². The van der Waals surface area contributed by atoms with Crippen molar-refractivity contribution in [3.8, 4) is 0 Å². The van der Waals surface area contributed by atoms with E-state index in [2.05, 4.69) is 36.5 Å². The van der Waals surface area contributed by atoms with Gasteiger partial charge in [0.1, 0.15) is 5.82 Å². The molecule has 1 heterocycles. The van der Waals surface area contributed by atoms with Crippen LogP contribution in [0.4, 0.5) is 11.8 Å². The lowest BCUT2D eigenvalue weighted by molar-refractivity contribution is 0.276. The highest BCUT2D eigenvalue weighted by atomic mass is 79.9. The maximum atomic E-state index is 9.57. The summed E-state index contributed by atoms with van der Waals surface area (Å²) in [6.07, 6.45) is 1.69. The molecule has 2 rings (SSSR count). The summed E-state index contributed by atoms with van der Waals surface area (Å²) in [4.78, 5) is 8.55. The van der Waals surface area contributed by atoms with E-state index in [1.807, 2.05) is 37.3 Å². The van der Waals surface area contributed by atoms with Crippen molar-refractivity contribution >= 4 is 27.7 Å². The Kier molecular flexibility index (Phi) is 5.31. The van der Waals surface area contributed by atoms with Gasteiger partial charge in [0.15, 0.2) is 0 Å². The van der Waals surface area contributed by atoms with Crippen LogP contribution in [0, 0.1) is 0 Å². The van der Waals surface area contributed by atoms with Gasteiger partial charge in [0.2, 0.25) is 5.95 Å². The van der Waals surface area contributed by atoms with Gasteiger partial charge in [-0.2, -0.15) is 4.98 Å². The minimum Gasteiger partial charge on any atom is -0.394 e. The molecule has 20 heavy (non-hydrogen) atoms. The van der Waals surface area contributed by atoms with Crippen LogP contribution in [0.5, 0.6) is 0 Å². The first-order valence-corrected chi connectivity index (χ1v) is 7.22. The Balaban J connectivity index is 2.21. The smallest absolute Gasteiger partial charge is 0.224 e. The van der Waals surface area contributed by atoms with Crippen LogP contribution < -0.4 is 10.6 Å². The van der Waals surface area contributed by atoms with Crippen molar-refractivity contribution in [2.45, 2.75) is 13.0 Å². The zero-order valence-electron chi connectivity index (χ0n) is 11.2. The number of aromatic nitrogens is 2. The SMILES string of the molecule is CCNc1ncc(Br)c(NC(CO)c2ccccc2)n1. The van der Waals surface area contributed by atoms with Crippen molar-refractivity contribution in [2.24, 2.45) is 0 Å². The molecule has 0 radical (unpaired) electrons. The van der Waals surface area contributed by atoms with Gasteiger partial charge >= 0.3 is 0 Å². The molecular formula is C14H17BrN4O. The first-order valence-electron chi connectivity index (χ1n) is 6.43. The fraction of sp³-hybridized carbons (Fsp3) is 0.286. The monoisotopic (exact) mass is 336 g/mol. The maximum absolute atomic E-state index is 9.57. The molecule has 1 atom stereocenters. The Labute approximate surface area is 126 Å². The molecule has 0 aliphatic heterocycles. The lowest BCUT2D eigenvalue weighted by Gasteiger charge is -2.18. The number of rotatable bonds is 6. The van der Waals surface area contributed by atoms with Crippen LogP contribution in [0.25, 0.3) is 0 Å². The van der Waals surface area contributed by atoms with Gasteiger partial charge in [-0.05, 0) is 28.4 Å². The summed E-state index contributed by atoms with van der Waals surface area (Å²) in [6.45, 7) is 2.72. The standard InChI is InChI=1S/C14H17BrN4O/c1-2-16-14-17-8-11(15)13(19-14)18-12(9-20)10-6-4-3-5-7-10/h3-8,12,20H,2,9H2,1H3,(H2,16,17,18,19). The van der Waals surface area contributed by atoms with Gasteiger partial charge in [-0.15, -0.1) is 0 Å². The molecule has 1 aromatic heterocycles. The van der Waals surface area contributed by atoms with Crippen LogP contribution in [0.3, 0.4) is 0 Å². The third-order valence-electron chi connectivity index (χ3n) is 2.77. The number of hydrogen-bond acceptors (Lipinski definition) is 5. The zero-order chi connectivity index (χ0) is 14.4. The van der Waals surface area contributed by atoms with E-state index in [-0.39, 0.29) is 12.6 Å². The second-order valence-corrected chi connectivity index (χ2v) is 5.07. The van der Waals surface area contributed by atoms with Gasteiger partial charge in [0.25, 0.3) is 0 Å². The van der Waals surface area contributed by atoms with E-state index in [1.165, 1.54) is 0 Å². The van der Waals surface area contributed by atoms with E-state index in [1.54, 1.807) is 6.20 Å². The van der Waals surface area contributed by atoms with Crippen molar-refractivity contribution in [1.82, 2.24) is 9.97 Å². The summed E-state index contributed by atoms with van der Waals surface area (Å²) in [5.74, 6) is 1.21. The van der Waals surface area contributed by atoms with Gasteiger partial charge in [0.05, 0.1) is 17.1 Å². The molecule has 0 fully saturated rings. The number of aliphatic hydroxyl groups is 1. The van der Waals surface area contributed by atoms with E-state index in [0.717, 1.165) is 16.6 Å². The zero-order valence-corrected chi connectivity index (χ0v) is 12.8. The van der Waals surface area contributed by atoms with Crippen molar-refractivity contribution < 1.29 is 5.11 Å². The molecule has 106 valence electrons. The summed E-state index contributed by atoms with van der Waals surface area (Å²) in [5, 5.41) is 15.9. The molecule has 0 amide bonds. The molecule has 0 saturated carbocycles. The molecule has 0 aliphatic carbocycles. The summed E-state index contributed by atoms with van der Waals surface area (Å²) in [7, 11) is 0. The molecule has 1 unspecified atom stereocenters. The quantitative estimate of drug-likeness (QED) is 0.756. The molecule has 0 aliphatic rings. The number of aliphatic hydroxyl groups excluding tert-OH is 1. The van der Waals surface area contributed by atoms with Crippen LogP contribution in [0.15, 0.2) is 41.0 Å². The Morgan fingerprint density at radius 3 is 2.70 bits per heavy atom. The number of halogens is 1. The first-order chi connectivity index (χ1) is 9.74. The minimum absolute atomic E-state index is 0.0169. The van der Waals surface area contributed by atoms with E-state index in [0.29, 0.717) is 11.8 Å². The highest BCUT2D eigenvalue weighted by Gasteiger charge is 2.13. The van der Waals surface area contributed by atoms with Gasteiger partial charge in [-0.3, -0.25) is 0 Å². The van der Waals surface area contributed by atoms with E-state index < -0.39 is 0 Å². The Morgan fingerprint density at radius 2 is 2.05 bits per heavy atom. The largest absolute Gasteiger partial charge is 0.394 e. The molecule has 0 saturated heterocycles. The molecule has 3 N–H and O–H groups in total. The number of anilines is 2. The van der Waals surface area contributed by atoms with E-state index in [4.69, 9.17) is 0 Å².